The van der Waals surface area contributed by atoms with Crippen LogP contribution in [0.1, 0.15) is 84.0 Å². The molecule has 0 atom stereocenters. The maximum atomic E-state index is 2.29. The third-order valence-electron chi connectivity index (χ3n) is 4.98. The van der Waals surface area contributed by atoms with E-state index in [9.17, 15) is 0 Å². The summed E-state index contributed by atoms with van der Waals surface area (Å²) in [5, 5.41) is 4.36. The molecule has 2 aromatic rings. The van der Waals surface area contributed by atoms with Gasteiger partial charge in [0.2, 0.25) is 0 Å². The van der Waals surface area contributed by atoms with Crippen molar-refractivity contribution in [3.63, 3.8) is 0 Å². The fourth-order valence-electron chi connectivity index (χ4n) is 3.31. The predicted octanol–water partition coefficient (Wildman–Crippen LogP) is 9.21. The van der Waals surface area contributed by atoms with Gasteiger partial charge < -0.3 is 0 Å². The Labute approximate surface area is 169 Å². The molecule has 2 rings (SSSR count). The SMILES string of the molecule is CCCCCCCCCCCCCCSc1ccc(-c2ccsc2)cc1. The van der Waals surface area contributed by atoms with Gasteiger partial charge in [0.05, 0.1) is 0 Å². The molecule has 0 bridgehead atoms. The third-order valence-corrected chi connectivity index (χ3v) is 6.76. The summed E-state index contributed by atoms with van der Waals surface area (Å²) in [4.78, 5) is 1.41. The van der Waals surface area contributed by atoms with Crippen molar-refractivity contribution in [3.8, 4) is 11.1 Å². The van der Waals surface area contributed by atoms with Crippen molar-refractivity contribution in [2.24, 2.45) is 0 Å². The van der Waals surface area contributed by atoms with Gasteiger partial charge in [-0.2, -0.15) is 11.3 Å². The molecule has 1 aromatic carbocycles. The molecule has 2 heteroatoms. The number of unbranched alkanes of at least 4 members (excludes halogenated alkanes) is 11. The Morgan fingerprint density at radius 3 is 1.77 bits per heavy atom. The summed E-state index contributed by atoms with van der Waals surface area (Å²) in [7, 11) is 0. The molecule has 0 aliphatic heterocycles. The first kappa shape index (κ1) is 21.6. The second-order valence-corrected chi connectivity index (χ2v) is 9.22. The van der Waals surface area contributed by atoms with E-state index in [1.165, 1.54) is 98.8 Å². The molecular weight excluding hydrogens is 352 g/mol. The molecule has 0 N–H and O–H groups in total. The van der Waals surface area contributed by atoms with E-state index < -0.39 is 0 Å². The zero-order valence-electron chi connectivity index (χ0n) is 16.6. The molecule has 0 aliphatic carbocycles. The van der Waals surface area contributed by atoms with Crippen LogP contribution in [-0.4, -0.2) is 5.75 Å². The minimum Gasteiger partial charge on any atom is -0.152 e. The van der Waals surface area contributed by atoms with Crippen LogP contribution in [0.2, 0.25) is 0 Å². The Hall–Kier alpha value is -0.730. The van der Waals surface area contributed by atoms with E-state index >= 15 is 0 Å². The quantitative estimate of drug-likeness (QED) is 0.216. The van der Waals surface area contributed by atoms with Gasteiger partial charge in [-0.15, -0.1) is 11.8 Å². The van der Waals surface area contributed by atoms with Gasteiger partial charge in [-0.25, -0.2) is 0 Å². The zero-order chi connectivity index (χ0) is 18.3. The van der Waals surface area contributed by atoms with Crippen LogP contribution < -0.4 is 0 Å². The third kappa shape index (κ3) is 9.28. The molecule has 144 valence electrons. The van der Waals surface area contributed by atoms with Gasteiger partial charge in [0.15, 0.2) is 0 Å². The molecular formula is C24H36S2. The van der Waals surface area contributed by atoms with Crippen LogP contribution in [0.4, 0.5) is 0 Å². The monoisotopic (exact) mass is 388 g/mol. The van der Waals surface area contributed by atoms with E-state index in [0.29, 0.717) is 0 Å². The number of hydrogen-bond acceptors (Lipinski definition) is 2. The number of thioether (sulfide) groups is 1. The van der Waals surface area contributed by atoms with Crippen molar-refractivity contribution in [2.45, 2.75) is 88.9 Å². The minimum atomic E-state index is 1.26. The van der Waals surface area contributed by atoms with Crippen LogP contribution in [0.15, 0.2) is 46.0 Å². The highest BCUT2D eigenvalue weighted by atomic mass is 32.2. The van der Waals surface area contributed by atoms with Crippen LogP contribution in [0.25, 0.3) is 11.1 Å². The summed E-state index contributed by atoms with van der Waals surface area (Å²) in [5.74, 6) is 1.26. The summed E-state index contributed by atoms with van der Waals surface area (Å²) < 4.78 is 0. The summed E-state index contributed by atoms with van der Waals surface area (Å²) in [6.45, 7) is 2.29. The molecule has 1 heterocycles. The predicted molar refractivity (Wildman–Crippen MR) is 122 cm³/mol. The molecule has 0 saturated carbocycles. The molecule has 0 radical (unpaired) electrons. The van der Waals surface area contributed by atoms with Gasteiger partial charge in [-0.1, -0.05) is 89.7 Å². The lowest BCUT2D eigenvalue weighted by molar-refractivity contribution is 0.548. The molecule has 0 unspecified atom stereocenters. The maximum absolute atomic E-state index is 2.29. The van der Waals surface area contributed by atoms with Crippen molar-refractivity contribution in [1.29, 1.82) is 0 Å². The van der Waals surface area contributed by atoms with Crippen LogP contribution in [0.3, 0.4) is 0 Å². The molecule has 26 heavy (non-hydrogen) atoms. The number of rotatable bonds is 15. The van der Waals surface area contributed by atoms with Gasteiger partial charge in [-0.05, 0) is 52.3 Å². The summed E-state index contributed by atoms with van der Waals surface area (Å²) in [5.41, 5.74) is 2.67. The van der Waals surface area contributed by atoms with E-state index in [4.69, 9.17) is 0 Å². The van der Waals surface area contributed by atoms with Gasteiger partial charge in [0.1, 0.15) is 0 Å². The smallest absolute Gasteiger partial charge is 0.00723 e. The second-order valence-electron chi connectivity index (χ2n) is 7.27. The minimum absolute atomic E-state index is 1.26. The normalized spacial score (nSPS) is 11.1. The summed E-state index contributed by atoms with van der Waals surface area (Å²) in [6, 6.07) is 11.3. The van der Waals surface area contributed by atoms with E-state index in [1.54, 1.807) is 11.3 Å². The topological polar surface area (TPSA) is 0 Å². The number of benzene rings is 1. The van der Waals surface area contributed by atoms with Crippen LogP contribution in [-0.2, 0) is 0 Å². The Balaban J connectivity index is 1.41. The lowest BCUT2D eigenvalue weighted by Crippen LogP contribution is -1.84. The average molecular weight is 389 g/mol. The lowest BCUT2D eigenvalue weighted by atomic mass is 10.1. The van der Waals surface area contributed by atoms with Crippen molar-refractivity contribution in [2.75, 3.05) is 5.75 Å². The fraction of sp³-hybridized carbons (Fsp3) is 0.583. The van der Waals surface area contributed by atoms with Crippen LogP contribution in [0.5, 0.6) is 0 Å². The Bertz CT molecular complexity index is 542. The van der Waals surface area contributed by atoms with Crippen molar-refractivity contribution >= 4 is 23.1 Å². The zero-order valence-corrected chi connectivity index (χ0v) is 18.2. The standard InChI is InChI=1S/C24H36S2/c1-2-3-4-5-6-7-8-9-10-11-12-13-19-26-24-16-14-22(15-17-24)23-18-20-25-21-23/h14-18,20-21H,2-13,19H2,1H3. The van der Waals surface area contributed by atoms with Gasteiger partial charge in [0, 0.05) is 4.90 Å². The second kappa shape index (κ2) is 14.3. The first-order chi connectivity index (χ1) is 12.9. The number of hydrogen-bond donors (Lipinski definition) is 0. The Morgan fingerprint density at radius 1 is 0.654 bits per heavy atom. The highest BCUT2D eigenvalue weighted by Gasteiger charge is 1.99. The number of thiophene rings is 1. The average Bonchev–Trinajstić information content (AvgIpc) is 3.21. The van der Waals surface area contributed by atoms with E-state index in [0.717, 1.165) is 0 Å². The van der Waals surface area contributed by atoms with E-state index in [2.05, 4.69) is 48.0 Å². The van der Waals surface area contributed by atoms with Crippen molar-refractivity contribution < 1.29 is 0 Å². The molecule has 0 nitrogen and oxygen atoms in total. The van der Waals surface area contributed by atoms with E-state index in [1.807, 2.05) is 11.8 Å². The van der Waals surface area contributed by atoms with Crippen molar-refractivity contribution in [1.82, 2.24) is 0 Å². The first-order valence-corrected chi connectivity index (χ1v) is 12.6. The Morgan fingerprint density at radius 2 is 1.23 bits per heavy atom. The highest BCUT2D eigenvalue weighted by molar-refractivity contribution is 7.99. The van der Waals surface area contributed by atoms with Gasteiger partial charge in [0.25, 0.3) is 0 Å². The molecule has 0 aliphatic rings. The van der Waals surface area contributed by atoms with Crippen molar-refractivity contribution in [3.05, 3.63) is 41.1 Å². The summed E-state index contributed by atoms with van der Waals surface area (Å²) >= 11 is 3.77. The molecule has 0 spiro atoms. The van der Waals surface area contributed by atoms with Crippen LogP contribution >= 0.6 is 23.1 Å². The first-order valence-electron chi connectivity index (χ1n) is 10.7. The molecule has 1 aromatic heterocycles. The van der Waals surface area contributed by atoms with E-state index in [-0.39, 0.29) is 0 Å². The van der Waals surface area contributed by atoms with Gasteiger partial charge in [-0.3, -0.25) is 0 Å². The highest BCUT2D eigenvalue weighted by Crippen LogP contribution is 2.26. The summed E-state index contributed by atoms with van der Waals surface area (Å²) in [6.07, 6.45) is 17.1. The fourth-order valence-corrected chi connectivity index (χ4v) is 4.88. The molecule has 0 saturated heterocycles. The molecule has 0 amide bonds. The largest absolute Gasteiger partial charge is 0.152 e. The maximum Gasteiger partial charge on any atom is 0.00723 e. The molecule has 0 fully saturated rings. The van der Waals surface area contributed by atoms with Crippen LogP contribution in [0, 0.1) is 0 Å². The Kier molecular flexibility index (Phi) is 11.9. The lowest BCUT2D eigenvalue weighted by Gasteiger charge is -2.04. The van der Waals surface area contributed by atoms with Gasteiger partial charge >= 0.3 is 0 Å².